The van der Waals surface area contributed by atoms with Gasteiger partial charge in [0.05, 0.1) is 19.2 Å². The van der Waals surface area contributed by atoms with Gasteiger partial charge in [-0.05, 0) is 36.2 Å². The van der Waals surface area contributed by atoms with Crippen molar-refractivity contribution in [2.75, 3.05) is 26.7 Å². The molecule has 0 bridgehead atoms. The van der Waals surface area contributed by atoms with Crippen LogP contribution < -0.4 is 4.72 Å². The third-order valence-electron chi connectivity index (χ3n) is 5.35. The molecule has 2 aromatic rings. The van der Waals surface area contributed by atoms with Crippen LogP contribution in [0.5, 0.6) is 0 Å². The predicted octanol–water partition coefficient (Wildman–Crippen LogP) is 3.37. The van der Waals surface area contributed by atoms with Crippen molar-refractivity contribution < 1.29 is 26.7 Å². The van der Waals surface area contributed by atoms with E-state index in [2.05, 4.69) is 9.46 Å². The van der Waals surface area contributed by atoms with Gasteiger partial charge in [-0.2, -0.15) is 0 Å². The van der Waals surface area contributed by atoms with E-state index in [0.717, 1.165) is 0 Å². The zero-order chi connectivity index (χ0) is 22.5. The Hall–Kier alpha value is -2.36. The van der Waals surface area contributed by atoms with Crippen molar-refractivity contribution in [1.82, 2.24) is 9.62 Å². The number of likely N-dealkylation sites (tertiary alicyclic amines) is 1. The summed E-state index contributed by atoms with van der Waals surface area (Å²) >= 11 is 0. The monoisotopic (exact) mass is 452 g/mol. The first-order valence-electron chi connectivity index (χ1n) is 10.0. The van der Waals surface area contributed by atoms with Gasteiger partial charge in [-0.25, -0.2) is 26.7 Å². The number of rotatable bonds is 9. The summed E-state index contributed by atoms with van der Waals surface area (Å²) in [6.45, 7) is 0.238. The lowest BCUT2D eigenvalue weighted by molar-refractivity contribution is 0.0121. The smallest absolute Gasteiger partial charge is 0.337 e. The number of halogens is 2. The van der Waals surface area contributed by atoms with Gasteiger partial charge in [0.1, 0.15) is 5.25 Å². The molecule has 0 saturated carbocycles. The summed E-state index contributed by atoms with van der Waals surface area (Å²) in [6, 6.07) is 15.2. The summed E-state index contributed by atoms with van der Waals surface area (Å²) in [4.78, 5) is 13.1. The van der Waals surface area contributed by atoms with E-state index in [1.54, 1.807) is 59.5 Å². The number of hydrogen-bond acceptors (Lipinski definition) is 5. The molecule has 1 saturated heterocycles. The van der Waals surface area contributed by atoms with Crippen LogP contribution in [-0.4, -0.2) is 52.0 Å². The third-order valence-corrected chi connectivity index (χ3v) is 7.16. The fourth-order valence-corrected chi connectivity index (χ4v) is 5.13. The van der Waals surface area contributed by atoms with E-state index in [4.69, 9.17) is 0 Å². The molecule has 0 amide bonds. The maximum Gasteiger partial charge on any atom is 0.337 e. The van der Waals surface area contributed by atoms with Crippen molar-refractivity contribution in [3.63, 3.8) is 0 Å². The number of ether oxygens (including phenoxy) is 1. The molecule has 1 N–H and O–H groups in total. The SMILES string of the molecule is COC(=O)c1ccc(CNS(=O)(=O)C(CCN2CCC(F)(F)C2)c2ccccc2)cc1. The molecule has 31 heavy (non-hydrogen) atoms. The topological polar surface area (TPSA) is 75.7 Å². The molecule has 1 unspecified atom stereocenters. The summed E-state index contributed by atoms with van der Waals surface area (Å²) in [6.07, 6.45) is 0.00623. The highest BCUT2D eigenvalue weighted by molar-refractivity contribution is 7.89. The van der Waals surface area contributed by atoms with Crippen molar-refractivity contribution in [2.45, 2.75) is 30.6 Å². The van der Waals surface area contributed by atoms with Gasteiger partial charge in [0.25, 0.3) is 5.92 Å². The van der Waals surface area contributed by atoms with Gasteiger partial charge in [0.2, 0.25) is 10.0 Å². The number of esters is 1. The standard InChI is InChI=1S/C22H26F2N2O4S/c1-30-21(27)19-9-7-17(8-10-19)15-25-31(28,29)20(18-5-3-2-4-6-18)11-13-26-14-12-22(23,24)16-26/h2-10,20,25H,11-16H2,1H3. The number of alkyl halides is 2. The Kier molecular flexibility index (Phi) is 7.40. The minimum absolute atomic E-state index is 0.0505. The second-order valence-electron chi connectivity index (χ2n) is 7.62. The number of hydrogen-bond donors (Lipinski definition) is 1. The number of sulfonamides is 1. The molecule has 0 aromatic heterocycles. The van der Waals surface area contributed by atoms with E-state index < -0.39 is 27.2 Å². The van der Waals surface area contributed by atoms with Crippen molar-refractivity contribution in [1.29, 1.82) is 0 Å². The normalized spacial score (nSPS) is 17.4. The molecule has 0 aliphatic carbocycles. The van der Waals surface area contributed by atoms with E-state index in [0.29, 0.717) is 16.7 Å². The lowest BCUT2D eigenvalue weighted by Gasteiger charge is -2.22. The Bertz CT molecular complexity index is 982. The lowest BCUT2D eigenvalue weighted by Crippen LogP contribution is -2.32. The van der Waals surface area contributed by atoms with E-state index in [1.165, 1.54) is 7.11 Å². The van der Waals surface area contributed by atoms with Gasteiger partial charge in [-0.15, -0.1) is 0 Å². The van der Waals surface area contributed by atoms with Crippen LogP contribution in [0.15, 0.2) is 54.6 Å². The van der Waals surface area contributed by atoms with Gasteiger partial charge in [-0.3, -0.25) is 4.90 Å². The second-order valence-corrected chi connectivity index (χ2v) is 9.57. The molecular weight excluding hydrogens is 426 g/mol. The van der Waals surface area contributed by atoms with Crippen LogP contribution in [0.1, 0.15) is 39.6 Å². The van der Waals surface area contributed by atoms with Crippen LogP contribution in [0.2, 0.25) is 0 Å². The summed E-state index contributed by atoms with van der Waals surface area (Å²) < 4.78 is 60.4. The zero-order valence-corrected chi connectivity index (χ0v) is 18.1. The average Bonchev–Trinajstić information content (AvgIpc) is 3.11. The Morgan fingerprint density at radius 1 is 1.16 bits per heavy atom. The van der Waals surface area contributed by atoms with Crippen LogP contribution in [0.25, 0.3) is 0 Å². The van der Waals surface area contributed by atoms with E-state index in [1.807, 2.05) is 0 Å². The molecule has 9 heteroatoms. The first-order chi connectivity index (χ1) is 14.7. The first kappa shape index (κ1) is 23.3. The van der Waals surface area contributed by atoms with Crippen molar-refractivity contribution >= 4 is 16.0 Å². The quantitative estimate of drug-likeness (QED) is 0.591. The predicted molar refractivity (Wildman–Crippen MR) is 113 cm³/mol. The van der Waals surface area contributed by atoms with Crippen molar-refractivity contribution in [2.24, 2.45) is 0 Å². The molecule has 1 aliphatic rings. The van der Waals surface area contributed by atoms with E-state index in [9.17, 15) is 22.0 Å². The zero-order valence-electron chi connectivity index (χ0n) is 17.3. The molecule has 6 nitrogen and oxygen atoms in total. The van der Waals surface area contributed by atoms with Gasteiger partial charge in [0.15, 0.2) is 0 Å². The van der Waals surface area contributed by atoms with Crippen molar-refractivity contribution in [3.8, 4) is 0 Å². The molecular formula is C22H26F2N2O4S. The summed E-state index contributed by atoms with van der Waals surface area (Å²) in [7, 11) is -2.49. The highest BCUT2D eigenvalue weighted by Crippen LogP contribution is 2.30. The molecule has 1 heterocycles. The highest BCUT2D eigenvalue weighted by Gasteiger charge is 2.38. The Morgan fingerprint density at radius 2 is 1.84 bits per heavy atom. The average molecular weight is 453 g/mol. The number of carbonyl (C=O) groups is 1. The molecule has 3 rings (SSSR count). The maximum absolute atomic E-state index is 13.5. The van der Waals surface area contributed by atoms with Gasteiger partial charge < -0.3 is 4.74 Å². The second kappa shape index (κ2) is 9.84. The Morgan fingerprint density at radius 3 is 2.42 bits per heavy atom. The van der Waals surface area contributed by atoms with E-state index >= 15 is 0 Å². The third kappa shape index (κ3) is 6.32. The summed E-state index contributed by atoms with van der Waals surface area (Å²) in [5.74, 6) is -3.18. The Labute approximate surface area is 181 Å². The molecule has 2 aromatic carbocycles. The molecule has 0 spiro atoms. The summed E-state index contributed by atoms with van der Waals surface area (Å²) in [5, 5.41) is -0.864. The van der Waals surface area contributed by atoms with E-state index in [-0.39, 0.29) is 39.0 Å². The van der Waals surface area contributed by atoms with Crippen LogP contribution in [0.3, 0.4) is 0 Å². The number of nitrogens with zero attached hydrogens (tertiary/aromatic N) is 1. The lowest BCUT2D eigenvalue weighted by atomic mass is 10.1. The summed E-state index contributed by atoms with van der Waals surface area (Å²) in [5.41, 5.74) is 1.67. The number of carbonyl (C=O) groups excluding carboxylic acids is 1. The Balaban J connectivity index is 1.69. The van der Waals surface area contributed by atoms with Crippen molar-refractivity contribution in [3.05, 3.63) is 71.3 Å². The number of nitrogens with one attached hydrogen (secondary N) is 1. The number of benzene rings is 2. The van der Waals surface area contributed by atoms with Crippen LogP contribution >= 0.6 is 0 Å². The molecule has 0 radical (unpaired) electrons. The van der Waals surface area contributed by atoms with Gasteiger partial charge >= 0.3 is 5.97 Å². The molecule has 1 atom stereocenters. The number of methoxy groups -OCH3 is 1. The first-order valence-corrected chi connectivity index (χ1v) is 11.6. The molecule has 1 fully saturated rings. The van der Waals surface area contributed by atoms with Crippen LogP contribution in [0.4, 0.5) is 8.78 Å². The largest absolute Gasteiger partial charge is 0.465 e. The van der Waals surface area contributed by atoms with Gasteiger partial charge in [-0.1, -0.05) is 42.5 Å². The van der Waals surface area contributed by atoms with Crippen LogP contribution in [-0.2, 0) is 21.3 Å². The minimum Gasteiger partial charge on any atom is -0.465 e. The minimum atomic E-state index is -3.78. The maximum atomic E-state index is 13.5. The molecule has 1 aliphatic heterocycles. The fourth-order valence-electron chi connectivity index (χ4n) is 3.63. The highest BCUT2D eigenvalue weighted by atomic mass is 32.2. The molecule has 168 valence electrons. The fraction of sp³-hybridized carbons (Fsp3) is 0.409. The van der Waals surface area contributed by atoms with Gasteiger partial charge in [0, 0.05) is 19.5 Å². The van der Waals surface area contributed by atoms with Crippen LogP contribution in [0, 0.1) is 0 Å².